The molecule has 0 aromatic carbocycles. The third kappa shape index (κ3) is 2.99. The summed E-state index contributed by atoms with van der Waals surface area (Å²) in [6.07, 6.45) is 3.50. The van der Waals surface area contributed by atoms with Gasteiger partial charge in [-0.3, -0.25) is 9.48 Å². The van der Waals surface area contributed by atoms with Crippen LogP contribution in [0.1, 0.15) is 61.5 Å². The van der Waals surface area contributed by atoms with Crippen molar-refractivity contribution >= 4 is 17.5 Å². The van der Waals surface area contributed by atoms with Crippen molar-refractivity contribution in [3.05, 3.63) is 16.4 Å². The molecular formula is C14H22ClN3O2. The lowest BCUT2D eigenvalue weighted by Gasteiger charge is -2.22. The third-order valence-corrected chi connectivity index (χ3v) is 4.32. The molecule has 0 radical (unpaired) electrons. The number of aryl methyl sites for hydroxylation is 1. The molecule has 0 unspecified atom stereocenters. The Balaban J connectivity index is 2.13. The van der Waals surface area contributed by atoms with Crippen LogP contribution in [0.15, 0.2) is 0 Å². The quantitative estimate of drug-likeness (QED) is 0.896. The number of halogens is 1. The first kappa shape index (κ1) is 15.3. The molecule has 1 fully saturated rings. The van der Waals surface area contributed by atoms with Gasteiger partial charge >= 0.3 is 0 Å². The SMILES string of the molecule is CC(C)c1nn(C)c(Cl)c1C(=O)NCC1(O)CCCC1. The molecule has 2 rings (SSSR count). The van der Waals surface area contributed by atoms with Crippen LogP contribution in [0.3, 0.4) is 0 Å². The van der Waals surface area contributed by atoms with E-state index in [1.54, 1.807) is 7.05 Å². The topological polar surface area (TPSA) is 67.2 Å². The van der Waals surface area contributed by atoms with Crippen LogP contribution < -0.4 is 5.32 Å². The molecule has 0 bridgehead atoms. The van der Waals surface area contributed by atoms with E-state index in [1.165, 1.54) is 4.68 Å². The largest absolute Gasteiger partial charge is 0.388 e. The Morgan fingerprint density at radius 3 is 2.65 bits per heavy atom. The highest BCUT2D eigenvalue weighted by atomic mass is 35.5. The number of nitrogens with one attached hydrogen (secondary N) is 1. The van der Waals surface area contributed by atoms with Crippen molar-refractivity contribution in [2.75, 3.05) is 6.54 Å². The van der Waals surface area contributed by atoms with Gasteiger partial charge in [0.15, 0.2) is 0 Å². The number of aromatic nitrogens is 2. The van der Waals surface area contributed by atoms with Crippen molar-refractivity contribution in [3.8, 4) is 0 Å². The van der Waals surface area contributed by atoms with Gasteiger partial charge in [-0.1, -0.05) is 38.3 Å². The maximum atomic E-state index is 12.3. The number of carbonyl (C=O) groups is 1. The molecule has 6 heteroatoms. The second-order valence-electron chi connectivity index (χ2n) is 5.94. The van der Waals surface area contributed by atoms with Crippen molar-refractivity contribution < 1.29 is 9.90 Å². The Kier molecular flexibility index (Phi) is 4.39. The molecule has 112 valence electrons. The zero-order valence-electron chi connectivity index (χ0n) is 12.2. The molecule has 1 aromatic rings. The lowest BCUT2D eigenvalue weighted by Crippen LogP contribution is -2.41. The lowest BCUT2D eigenvalue weighted by atomic mass is 10.0. The first-order valence-electron chi connectivity index (χ1n) is 7.07. The summed E-state index contributed by atoms with van der Waals surface area (Å²) in [5.41, 5.74) is 0.349. The number of hydrogen-bond acceptors (Lipinski definition) is 3. The van der Waals surface area contributed by atoms with Gasteiger partial charge < -0.3 is 10.4 Å². The molecule has 1 aliphatic carbocycles. The van der Waals surface area contributed by atoms with Crippen molar-refractivity contribution in [1.29, 1.82) is 0 Å². The van der Waals surface area contributed by atoms with Crippen molar-refractivity contribution in [3.63, 3.8) is 0 Å². The zero-order valence-corrected chi connectivity index (χ0v) is 13.0. The number of carbonyl (C=O) groups excluding carboxylic acids is 1. The number of amides is 1. The Labute approximate surface area is 124 Å². The van der Waals surface area contributed by atoms with E-state index in [2.05, 4.69) is 10.4 Å². The van der Waals surface area contributed by atoms with E-state index in [0.29, 0.717) is 16.4 Å². The number of rotatable bonds is 4. The minimum atomic E-state index is -0.762. The van der Waals surface area contributed by atoms with E-state index in [4.69, 9.17) is 11.6 Å². The first-order chi connectivity index (χ1) is 9.34. The summed E-state index contributed by atoms with van der Waals surface area (Å²) < 4.78 is 1.51. The van der Waals surface area contributed by atoms with Crippen molar-refractivity contribution in [2.24, 2.45) is 7.05 Å². The Morgan fingerprint density at radius 1 is 1.50 bits per heavy atom. The minimum absolute atomic E-state index is 0.115. The highest BCUT2D eigenvalue weighted by Crippen LogP contribution is 2.29. The summed E-state index contributed by atoms with van der Waals surface area (Å²) in [5, 5.41) is 17.7. The summed E-state index contributed by atoms with van der Waals surface area (Å²) in [5.74, 6) is -0.142. The van der Waals surface area contributed by atoms with E-state index >= 15 is 0 Å². The summed E-state index contributed by atoms with van der Waals surface area (Å²) in [6.45, 7) is 4.22. The molecule has 1 heterocycles. The first-order valence-corrected chi connectivity index (χ1v) is 7.45. The van der Waals surface area contributed by atoms with E-state index in [0.717, 1.165) is 25.7 Å². The van der Waals surface area contributed by atoms with E-state index in [1.807, 2.05) is 13.8 Å². The molecule has 1 aromatic heterocycles. The number of hydrogen-bond donors (Lipinski definition) is 2. The minimum Gasteiger partial charge on any atom is -0.388 e. The van der Waals surface area contributed by atoms with Gasteiger partial charge in [-0.2, -0.15) is 5.10 Å². The molecule has 0 saturated heterocycles. The third-order valence-electron chi connectivity index (χ3n) is 3.89. The van der Waals surface area contributed by atoms with Crippen LogP contribution in [0.5, 0.6) is 0 Å². The Bertz CT molecular complexity index is 505. The molecule has 20 heavy (non-hydrogen) atoms. The second-order valence-corrected chi connectivity index (χ2v) is 6.30. The fourth-order valence-corrected chi connectivity index (χ4v) is 2.90. The zero-order chi connectivity index (χ0) is 14.9. The van der Waals surface area contributed by atoms with Gasteiger partial charge in [-0.25, -0.2) is 0 Å². The van der Waals surface area contributed by atoms with Crippen LogP contribution >= 0.6 is 11.6 Å². The van der Waals surface area contributed by atoms with Crippen LogP contribution in [0.4, 0.5) is 0 Å². The summed E-state index contributed by atoms with van der Waals surface area (Å²) >= 11 is 6.16. The van der Waals surface area contributed by atoms with E-state index in [9.17, 15) is 9.90 Å². The number of aliphatic hydroxyl groups is 1. The van der Waals surface area contributed by atoms with Gasteiger partial charge in [0.05, 0.1) is 16.9 Å². The highest BCUT2D eigenvalue weighted by Gasteiger charge is 2.32. The van der Waals surface area contributed by atoms with Gasteiger partial charge in [0.1, 0.15) is 5.15 Å². The summed E-state index contributed by atoms with van der Waals surface area (Å²) in [7, 11) is 1.72. The molecule has 0 aliphatic heterocycles. The Morgan fingerprint density at radius 2 is 2.10 bits per heavy atom. The highest BCUT2D eigenvalue weighted by molar-refractivity contribution is 6.33. The van der Waals surface area contributed by atoms with Gasteiger partial charge in [0.2, 0.25) is 0 Å². The predicted octanol–water partition coefficient (Wildman–Crippen LogP) is 2.23. The average molecular weight is 300 g/mol. The molecule has 0 spiro atoms. The molecule has 1 amide bonds. The van der Waals surface area contributed by atoms with E-state index in [-0.39, 0.29) is 18.4 Å². The molecule has 0 atom stereocenters. The van der Waals surface area contributed by atoms with Crippen molar-refractivity contribution in [2.45, 2.75) is 51.0 Å². The van der Waals surface area contributed by atoms with Crippen molar-refractivity contribution in [1.82, 2.24) is 15.1 Å². The fourth-order valence-electron chi connectivity index (χ4n) is 2.68. The van der Waals surface area contributed by atoms with Gasteiger partial charge in [-0.05, 0) is 18.8 Å². The van der Waals surface area contributed by atoms with Gasteiger partial charge in [0, 0.05) is 13.6 Å². The standard InChI is InChI=1S/C14H22ClN3O2/c1-9(2)11-10(12(15)18(3)17-11)13(19)16-8-14(20)6-4-5-7-14/h9,20H,4-8H2,1-3H3,(H,16,19). The Hall–Kier alpha value is -1.07. The maximum Gasteiger partial charge on any atom is 0.256 e. The molecular weight excluding hydrogens is 278 g/mol. The van der Waals surface area contributed by atoms with Crippen LogP contribution in [0.25, 0.3) is 0 Å². The van der Waals surface area contributed by atoms with Crippen LogP contribution in [0.2, 0.25) is 5.15 Å². The monoisotopic (exact) mass is 299 g/mol. The van der Waals surface area contributed by atoms with Gasteiger partial charge in [-0.15, -0.1) is 0 Å². The normalized spacial score (nSPS) is 17.7. The molecule has 5 nitrogen and oxygen atoms in total. The summed E-state index contributed by atoms with van der Waals surface area (Å²) in [6, 6.07) is 0. The second kappa shape index (κ2) is 5.74. The average Bonchev–Trinajstić information content (AvgIpc) is 2.93. The number of nitrogens with zero attached hydrogens (tertiary/aromatic N) is 2. The molecule has 2 N–H and O–H groups in total. The van der Waals surface area contributed by atoms with Crippen LogP contribution in [0, 0.1) is 0 Å². The smallest absolute Gasteiger partial charge is 0.256 e. The maximum absolute atomic E-state index is 12.3. The van der Waals surface area contributed by atoms with Crippen LogP contribution in [-0.2, 0) is 7.05 Å². The summed E-state index contributed by atoms with van der Waals surface area (Å²) in [4.78, 5) is 12.3. The van der Waals surface area contributed by atoms with E-state index < -0.39 is 5.60 Å². The predicted molar refractivity (Wildman–Crippen MR) is 78.1 cm³/mol. The lowest BCUT2D eigenvalue weighted by molar-refractivity contribution is 0.0449. The van der Waals surface area contributed by atoms with Crippen LogP contribution in [-0.4, -0.2) is 32.9 Å². The molecule has 1 aliphatic rings. The van der Waals surface area contributed by atoms with Gasteiger partial charge in [0.25, 0.3) is 5.91 Å². The fraction of sp³-hybridized carbons (Fsp3) is 0.714. The molecule has 1 saturated carbocycles.